The molecule has 6 rings (SSSR count). The Kier molecular flexibility index (Phi) is 8.66. The molecule has 1 aliphatic heterocycles. The number of nitrogens with one attached hydrogen (secondary N) is 2. The van der Waals surface area contributed by atoms with Crippen LogP contribution in [0.25, 0.3) is 16.7 Å². The molecule has 212 valence electrons. The lowest BCUT2D eigenvalue weighted by Gasteiger charge is -2.37. The van der Waals surface area contributed by atoms with Gasteiger partial charge in [0.25, 0.3) is 5.91 Å². The first kappa shape index (κ1) is 28.3. The van der Waals surface area contributed by atoms with E-state index in [1.807, 2.05) is 52.9 Å². The van der Waals surface area contributed by atoms with Crippen LogP contribution < -0.4 is 15.5 Å². The lowest BCUT2D eigenvalue weighted by atomic mass is 10.1. The monoisotopic (exact) mass is 570 g/mol. The molecule has 0 bridgehead atoms. The SMILES string of the molecule is Cc1ccc(C)c(N2CCN(CCCNC(=O)c3ccc(Nc4nc5ccccc5n5cnnc45)cc3)CC2)c1.Cl. The van der Waals surface area contributed by atoms with Gasteiger partial charge in [-0.2, -0.15) is 0 Å². The Bertz CT molecular complexity index is 1640. The highest BCUT2D eigenvalue weighted by Gasteiger charge is 2.18. The minimum absolute atomic E-state index is 0. The second kappa shape index (κ2) is 12.5. The maximum Gasteiger partial charge on any atom is 0.251 e. The maximum atomic E-state index is 12.7. The number of anilines is 3. The second-order valence-electron chi connectivity index (χ2n) is 10.4. The molecule has 1 aliphatic rings. The highest BCUT2D eigenvalue weighted by atomic mass is 35.5. The van der Waals surface area contributed by atoms with Crippen molar-refractivity contribution in [2.75, 3.05) is 49.5 Å². The summed E-state index contributed by atoms with van der Waals surface area (Å²) in [6.45, 7) is 10.1. The molecule has 0 radical (unpaired) electrons. The van der Waals surface area contributed by atoms with Crippen LogP contribution >= 0.6 is 12.4 Å². The van der Waals surface area contributed by atoms with Crippen LogP contribution in [0.2, 0.25) is 0 Å². The molecule has 3 aromatic carbocycles. The van der Waals surface area contributed by atoms with Gasteiger partial charge >= 0.3 is 0 Å². The van der Waals surface area contributed by atoms with E-state index in [0.29, 0.717) is 23.6 Å². The van der Waals surface area contributed by atoms with Crippen molar-refractivity contribution < 1.29 is 4.79 Å². The summed E-state index contributed by atoms with van der Waals surface area (Å²) in [6.07, 6.45) is 2.61. The predicted molar refractivity (Wildman–Crippen MR) is 167 cm³/mol. The van der Waals surface area contributed by atoms with E-state index in [2.05, 4.69) is 62.7 Å². The highest BCUT2D eigenvalue weighted by molar-refractivity contribution is 5.94. The topological polar surface area (TPSA) is 90.7 Å². The van der Waals surface area contributed by atoms with Gasteiger partial charge in [-0.25, -0.2) is 4.98 Å². The quantitative estimate of drug-likeness (QED) is 0.254. The number of amides is 1. The molecule has 3 heterocycles. The number of para-hydroxylation sites is 2. The molecule has 0 unspecified atom stereocenters. The standard InChI is InChI=1S/C31H34N8O.ClH/c1-22-8-9-23(2)28(20-22)38-18-16-37(17-19-38)15-5-14-32-31(40)24-10-12-25(13-11-24)34-29-30-36-33-21-39(30)27-7-4-3-6-26(27)35-29;/h3-4,6-13,20-21H,5,14-19H2,1-2H3,(H,32,40)(H,34,35);1H. The number of hydrogen-bond acceptors (Lipinski definition) is 7. The van der Waals surface area contributed by atoms with Crippen molar-refractivity contribution >= 4 is 52.2 Å². The minimum Gasteiger partial charge on any atom is -0.369 e. The van der Waals surface area contributed by atoms with Crippen molar-refractivity contribution in [2.45, 2.75) is 20.3 Å². The molecule has 10 heteroatoms. The van der Waals surface area contributed by atoms with Crippen molar-refractivity contribution in [2.24, 2.45) is 0 Å². The molecule has 1 saturated heterocycles. The zero-order valence-electron chi connectivity index (χ0n) is 23.4. The third-order valence-corrected chi connectivity index (χ3v) is 7.56. The first-order valence-corrected chi connectivity index (χ1v) is 13.8. The van der Waals surface area contributed by atoms with Crippen LogP contribution in [0.4, 0.5) is 17.2 Å². The smallest absolute Gasteiger partial charge is 0.251 e. The van der Waals surface area contributed by atoms with Gasteiger partial charge in [-0.1, -0.05) is 24.3 Å². The molecule has 1 fully saturated rings. The molecule has 0 spiro atoms. The number of benzene rings is 3. The number of hydrogen-bond donors (Lipinski definition) is 2. The highest BCUT2D eigenvalue weighted by Crippen LogP contribution is 2.24. The zero-order chi connectivity index (χ0) is 27.5. The molecule has 0 saturated carbocycles. The average molecular weight is 571 g/mol. The van der Waals surface area contributed by atoms with Gasteiger partial charge in [0.15, 0.2) is 5.82 Å². The van der Waals surface area contributed by atoms with Crippen molar-refractivity contribution in [1.29, 1.82) is 0 Å². The molecule has 5 aromatic rings. The molecule has 2 N–H and O–H groups in total. The summed E-state index contributed by atoms with van der Waals surface area (Å²) >= 11 is 0. The van der Waals surface area contributed by atoms with E-state index in [-0.39, 0.29) is 18.3 Å². The number of carbonyl (C=O) groups excluding carboxylic acids is 1. The van der Waals surface area contributed by atoms with Crippen LogP contribution in [0.3, 0.4) is 0 Å². The number of nitrogens with zero attached hydrogens (tertiary/aromatic N) is 6. The Morgan fingerprint density at radius 2 is 1.73 bits per heavy atom. The molecular weight excluding hydrogens is 536 g/mol. The van der Waals surface area contributed by atoms with Crippen LogP contribution in [-0.4, -0.2) is 69.7 Å². The summed E-state index contributed by atoms with van der Waals surface area (Å²) in [7, 11) is 0. The van der Waals surface area contributed by atoms with Crippen molar-refractivity contribution in [1.82, 2.24) is 29.8 Å². The van der Waals surface area contributed by atoms with E-state index in [1.54, 1.807) is 6.33 Å². The van der Waals surface area contributed by atoms with Crippen molar-refractivity contribution in [3.05, 3.63) is 89.7 Å². The van der Waals surface area contributed by atoms with Gasteiger partial charge in [0.05, 0.1) is 11.0 Å². The van der Waals surface area contributed by atoms with E-state index in [1.165, 1.54) is 16.8 Å². The Balaban J connectivity index is 0.00000337. The number of piperazine rings is 1. The second-order valence-corrected chi connectivity index (χ2v) is 10.4. The summed E-state index contributed by atoms with van der Waals surface area (Å²) in [5, 5.41) is 14.7. The number of fused-ring (bicyclic) bond motifs is 3. The number of aryl methyl sites for hydroxylation is 2. The first-order chi connectivity index (χ1) is 19.5. The van der Waals surface area contributed by atoms with Crippen molar-refractivity contribution in [3.63, 3.8) is 0 Å². The lowest BCUT2D eigenvalue weighted by Crippen LogP contribution is -2.47. The predicted octanol–water partition coefficient (Wildman–Crippen LogP) is 5.00. The number of rotatable bonds is 8. The van der Waals surface area contributed by atoms with E-state index < -0.39 is 0 Å². The van der Waals surface area contributed by atoms with Gasteiger partial charge in [-0.15, -0.1) is 22.6 Å². The summed E-state index contributed by atoms with van der Waals surface area (Å²) in [6, 6.07) is 22.0. The van der Waals surface area contributed by atoms with Gasteiger partial charge < -0.3 is 15.5 Å². The molecule has 41 heavy (non-hydrogen) atoms. The Hall–Kier alpha value is -4.21. The summed E-state index contributed by atoms with van der Waals surface area (Å²) in [5.41, 5.74) is 7.89. The number of carbonyl (C=O) groups is 1. The molecular formula is C31H35ClN8O. The molecule has 9 nitrogen and oxygen atoms in total. The Morgan fingerprint density at radius 3 is 2.54 bits per heavy atom. The van der Waals surface area contributed by atoms with Crippen LogP contribution in [0.5, 0.6) is 0 Å². The molecule has 0 atom stereocenters. The fourth-order valence-corrected chi connectivity index (χ4v) is 5.31. The maximum absolute atomic E-state index is 12.7. The van der Waals surface area contributed by atoms with E-state index in [9.17, 15) is 4.79 Å². The minimum atomic E-state index is -0.0602. The van der Waals surface area contributed by atoms with E-state index in [0.717, 1.165) is 55.9 Å². The van der Waals surface area contributed by atoms with E-state index >= 15 is 0 Å². The van der Waals surface area contributed by atoms with Crippen LogP contribution in [0.1, 0.15) is 27.9 Å². The van der Waals surface area contributed by atoms with Crippen LogP contribution in [0.15, 0.2) is 73.1 Å². The van der Waals surface area contributed by atoms with Crippen molar-refractivity contribution in [3.8, 4) is 0 Å². The van der Waals surface area contributed by atoms with E-state index in [4.69, 9.17) is 4.98 Å². The van der Waals surface area contributed by atoms with Gasteiger partial charge in [0.1, 0.15) is 6.33 Å². The molecule has 1 amide bonds. The average Bonchev–Trinajstić information content (AvgIpc) is 3.48. The zero-order valence-corrected chi connectivity index (χ0v) is 24.2. The van der Waals surface area contributed by atoms with Gasteiger partial charge in [0.2, 0.25) is 5.65 Å². The Labute approximate surface area is 246 Å². The summed E-state index contributed by atoms with van der Waals surface area (Å²) in [4.78, 5) is 22.4. The van der Waals surface area contributed by atoms with Gasteiger partial charge in [-0.3, -0.25) is 14.1 Å². The molecule has 0 aliphatic carbocycles. The number of aromatic nitrogens is 4. The third kappa shape index (κ3) is 6.26. The first-order valence-electron chi connectivity index (χ1n) is 13.8. The summed E-state index contributed by atoms with van der Waals surface area (Å²) < 4.78 is 1.91. The van der Waals surface area contributed by atoms with Gasteiger partial charge in [0, 0.05) is 49.7 Å². The fraction of sp³-hybridized carbons (Fsp3) is 0.290. The van der Waals surface area contributed by atoms with Gasteiger partial charge in [-0.05, 0) is 80.4 Å². The largest absolute Gasteiger partial charge is 0.369 e. The summed E-state index contributed by atoms with van der Waals surface area (Å²) in [5.74, 6) is 0.554. The normalized spacial score (nSPS) is 13.8. The molecule has 2 aromatic heterocycles. The third-order valence-electron chi connectivity index (χ3n) is 7.56. The lowest BCUT2D eigenvalue weighted by molar-refractivity contribution is 0.0951. The van der Waals surface area contributed by atoms with Crippen LogP contribution in [0, 0.1) is 13.8 Å². The van der Waals surface area contributed by atoms with Crippen LogP contribution in [-0.2, 0) is 0 Å². The number of halogens is 1. The fourth-order valence-electron chi connectivity index (χ4n) is 5.31. The Morgan fingerprint density at radius 1 is 0.951 bits per heavy atom.